The summed E-state index contributed by atoms with van der Waals surface area (Å²) in [7, 11) is 1.72. The Morgan fingerprint density at radius 2 is 1.67 bits per heavy atom. The molecule has 0 amide bonds. The van der Waals surface area contributed by atoms with Gasteiger partial charge in [0.1, 0.15) is 0 Å². The molecule has 0 fully saturated rings. The maximum Gasteiger partial charge on any atom is 0.256 e. The van der Waals surface area contributed by atoms with Crippen LogP contribution in [0.3, 0.4) is 0 Å². The molecule has 3 heteroatoms. The summed E-state index contributed by atoms with van der Waals surface area (Å²) in [5.74, 6) is 0. The van der Waals surface area contributed by atoms with Crippen molar-refractivity contribution in [1.29, 1.82) is 0 Å². The van der Waals surface area contributed by atoms with Crippen molar-refractivity contribution in [1.82, 2.24) is 4.57 Å². The van der Waals surface area contributed by atoms with Gasteiger partial charge in [0.15, 0.2) is 0 Å². The Kier molecular flexibility index (Phi) is 3.09. The molecule has 0 aliphatic rings. The van der Waals surface area contributed by atoms with E-state index in [2.05, 4.69) is 0 Å². The highest BCUT2D eigenvalue weighted by atomic mass is 16.3. The number of hydrogen-bond donors (Lipinski definition) is 1. The summed E-state index contributed by atoms with van der Waals surface area (Å²) in [6, 6.07) is 13.3. The lowest BCUT2D eigenvalue weighted by Gasteiger charge is -2.19. The van der Waals surface area contributed by atoms with E-state index in [1.165, 1.54) is 0 Å². The van der Waals surface area contributed by atoms with E-state index in [4.69, 9.17) is 0 Å². The summed E-state index contributed by atoms with van der Waals surface area (Å²) >= 11 is 0. The Morgan fingerprint density at radius 1 is 1.06 bits per heavy atom. The standard InChI is InChI=1S/C15H17NO2/c1-15(2,18)12-9-10-13(16(3)14(12)17)11-7-5-4-6-8-11/h4-10,18H,1-3H3. The summed E-state index contributed by atoms with van der Waals surface area (Å²) in [6.07, 6.45) is 0. The van der Waals surface area contributed by atoms with E-state index in [1.54, 1.807) is 31.5 Å². The lowest BCUT2D eigenvalue weighted by atomic mass is 9.99. The topological polar surface area (TPSA) is 42.2 Å². The maximum absolute atomic E-state index is 12.2. The van der Waals surface area contributed by atoms with Gasteiger partial charge < -0.3 is 9.67 Å². The van der Waals surface area contributed by atoms with Gasteiger partial charge in [-0.05, 0) is 31.5 Å². The van der Waals surface area contributed by atoms with Crippen LogP contribution in [0.15, 0.2) is 47.3 Å². The maximum atomic E-state index is 12.2. The Bertz CT molecular complexity index is 607. The van der Waals surface area contributed by atoms with Crippen LogP contribution >= 0.6 is 0 Å². The fourth-order valence-electron chi connectivity index (χ4n) is 2.00. The van der Waals surface area contributed by atoms with Gasteiger partial charge in [-0.25, -0.2) is 0 Å². The van der Waals surface area contributed by atoms with Crippen molar-refractivity contribution in [3.8, 4) is 11.3 Å². The molecular weight excluding hydrogens is 226 g/mol. The van der Waals surface area contributed by atoms with E-state index in [1.807, 2.05) is 36.4 Å². The van der Waals surface area contributed by atoms with Gasteiger partial charge in [-0.2, -0.15) is 0 Å². The molecule has 3 nitrogen and oxygen atoms in total. The molecule has 94 valence electrons. The normalized spacial score (nSPS) is 11.6. The highest BCUT2D eigenvalue weighted by molar-refractivity contribution is 5.59. The van der Waals surface area contributed by atoms with Gasteiger partial charge in [0, 0.05) is 12.6 Å². The van der Waals surface area contributed by atoms with Gasteiger partial charge in [0.25, 0.3) is 5.56 Å². The molecule has 0 aliphatic carbocycles. The van der Waals surface area contributed by atoms with Crippen molar-refractivity contribution in [2.75, 3.05) is 0 Å². The minimum atomic E-state index is -1.12. The van der Waals surface area contributed by atoms with Crippen molar-refractivity contribution in [3.63, 3.8) is 0 Å². The van der Waals surface area contributed by atoms with Crippen LogP contribution in [0.4, 0.5) is 0 Å². The Labute approximate surface area is 106 Å². The molecule has 2 aromatic rings. The van der Waals surface area contributed by atoms with E-state index >= 15 is 0 Å². The molecule has 0 aliphatic heterocycles. The average Bonchev–Trinajstić information content (AvgIpc) is 2.32. The third-order valence-electron chi connectivity index (χ3n) is 3.03. The molecule has 1 N–H and O–H groups in total. The molecule has 0 bridgehead atoms. The zero-order valence-electron chi connectivity index (χ0n) is 10.8. The zero-order chi connectivity index (χ0) is 13.3. The lowest BCUT2D eigenvalue weighted by molar-refractivity contribution is 0.0766. The Morgan fingerprint density at radius 3 is 2.22 bits per heavy atom. The smallest absolute Gasteiger partial charge is 0.256 e. The van der Waals surface area contributed by atoms with Crippen LogP contribution in [0, 0.1) is 0 Å². The number of rotatable bonds is 2. The average molecular weight is 243 g/mol. The third kappa shape index (κ3) is 2.22. The molecule has 1 aromatic heterocycles. The second-order valence-electron chi connectivity index (χ2n) is 4.92. The SMILES string of the molecule is Cn1c(-c2ccccc2)ccc(C(C)(C)O)c1=O. The van der Waals surface area contributed by atoms with E-state index in [-0.39, 0.29) is 5.56 Å². The molecule has 0 saturated carbocycles. The molecule has 0 radical (unpaired) electrons. The number of benzene rings is 1. The highest BCUT2D eigenvalue weighted by Crippen LogP contribution is 2.21. The summed E-state index contributed by atoms with van der Waals surface area (Å²) in [4.78, 5) is 12.2. The van der Waals surface area contributed by atoms with Crippen LogP contribution in [0.5, 0.6) is 0 Å². The molecule has 0 unspecified atom stereocenters. The number of hydrogen-bond acceptors (Lipinski definition) is 2. The van der Waals surface area contributed by atoms with Gasteiger partial charge >= 0.3 is 0 Å². The molecule has 2 rings (SSSR count). The van der Waals surface area contributed by atoms with Crippen LogP contribution in [-0.2, 0) is 12.6 Å². The fraction of sp³-hybridized carbons (Fsp3) is 0.267. The van der Waals surface area contributed by atoms with E-state index in [9.17, 15) is 9.90 Å². The van der Waals surface area contributed by atoms with Crippen LogP contribution < -0.4 is 5.56 Å². The monoisotopic (exact) mass is 243 g/mol. The molecule has 1 aromatic carbocycles. The van der Waals surface area contributed by atoms with Crippen molar-refractivity contribution in [2.45, 2.75) is 19.4 Å². The van der Waals surface area contributed by atoms with Crippen LogP contribution in [0.25, 0.3) is 11.3 Å². The Hall–Kier alpha value is -1.87. The molecule has 0 atom stereocenters. The van der Waals surface area contributed by atoms with Crippen LogP contribution in [-0.4, -0.2) is 9.67 Å². The minimum Gasteiger partial charge on any atom is -0.386 e. The largest absolute Gasteiger partial charge is 0.386 e. The van der Waals surface area contributed by atoms with Crippen molar-refractivity contribution in [3.05, 3.63) is 58.4 Å². The number of pyridine rings is 1. The minimum absolute atomic E-state index is 0.163. The van der Waals surface area contributed by atoms with Crippen LogP contribution in [0.1, 0.15) is 19.4 Å². The van der Waals surface area contributed by atoms with Crippen molar-refractivity contribution >= 4 is 0 Å². The van der Waals surface area contributed by atoms with Crippen molar-refractivity contribution in [2.24, 2.45) is 7.05 Å². The van der Waals surface area contributed by atoms with Gasteiger partial charge in [-0.1, -0.05) is 30.3 Å². The number of aliphatic hydroxyl groups is 1. The second kappa shape index (κ2) is 4.42. The number of nitrogens with zero attached hydrogens (tertiary/aromatic N) is 1. The first-order valence-electron chi connectivity index (χ1n) is 5.89. The number of aromatic nitrogens is 1. The summed E-state index contributed by atoms with van der Waals surface area (Å²) in [5.41, 5.74) is 0.950. The molecule has 0 spiro atoms. The van der Waals surface area contributed by atoms with E-state index < -0.39 is 5.60 Å². The van der Waals surface area contributed by atoms with Gasteiger partial charge in [0.2, 0.25) is 0 Å². The fourth-order valence-corrected chi connectivity index (χ4v) is 2.00. The molecule has 1 heterocycles. The molecule has 0 saturated heterocycles. The highest BCUT2D eigenvalue weighted by Gasteiger charge is 2.21. The van der Waals surface area contributed by atoms with E-state index in [0.717, 1.165) is 11.3 Å². The second-order valence-corrected chi connectivity index (χ2v) is 4.92. The van der Waals surface area contributed by atoms with Gasteiger partial charge in [0.05, 0.1) is 11.3 Å². The zero-order valence-corrected chi connectivity index (χ0v) is 10.8. The quantitative estimate of drug-likeness (QED) is 0.879. The van der Waals surface area contributed by atoms with Gasteiger partial charge in [-0.15, -0.1) is 0 Å². The Balaban J connectivity index is 2.62. The first-order valence-corrected chi connectivity index (χ1v) is 5.89. The molecule has 18 heavy (non-hydrogen) atoms. The summed E-state index contributed by atoms with van der Waals surface area (Å²) < 4.78 is 1.57. The van der Waals surface area contributed by atoms with Gasteiger partial charge in [-0.3, -0.25) is 4.79 Å². The predicted octanol–water partition coefficient (Wildman–Crippen LogP) is 2.28. The van der Waals surface area contributed by atoms with Crippen molar-refractivity contribution < 1.29 is 5.11 Å². The summed E-state index contributed by atoms with van der Waals surface area (Å²) in [6.45, 7) is 3.23. The first kappa shape index (κ1) is 12.6. The molecular formula is C15H17NO2. The third-order valence-corrected chi connectivity index (χ3v) is 3.03. The lowest BCUT2D eigenvalue weighted by Crippen LogP contribution is -2.31. The van der Waals surface area contributed by atoms with E-state index in [0.29, 0.717) is 5.56 Å². The summed E-state index contributed by atoms with van der Waals surface area (Å²) in [5, 5.41) is 9.94. The van der Waals surface area contributed by atoms with Crippen LogP contribution in [0.2, 0.25) is 0 Å². The predicted molar refractivity (Wildman–Crippen MR) is 72.4 cm³/mol. The first-order chi connectivity index (χ1) is 8.41.